The van der Waals surface area contributed by atoms with Crippen LogP contribution in [-0.2, 0) is 17.1 Å². The van der Waals surface area contributed by atoms with E-state index in [9.17, 15) is 8.42 Å². The number of fused-ring (bicyclic) bond motifs is 1. The Morgan fingerprint density at radius 3 is 2.47 bits per heavy atom. The summed E-state index contributed by atoms with van der Waals surface area (Å²) in [6.07, 6.45) is 1.69. The lowest BCUT2D eigenvalue weighted by molar-refractivity contribution is 0.588. The van der Waals surface area contributed by atoms with Crippen LogP contribution in [0.5, 0.6) is 0 Å². The van der Waals surface area contributed by atoms with Crippen molar-refractivity contribution in [2.75, 3.05) is 38.1 Å². The highest BCUT2D eigenvalue weighted by atomic mass is 35.5. The fourth-order valence-electron chi connectivity index (χ4n) is 4.61. The topological polar surface area (TPSA) is 79.3 Å². The number of pyridine rings is 1. The van der Waals surface area contributed by atoms with Gasteiger partial charge >= 0.3 is 0 Å². The van der Waals surface area contributed by atoms with Crippen LogP contribution in [0.4, 0.5) is 5.69 Å². The van der Waals surface area contributed by atoms with Crippen molar-refractivity contribution < 1.29 is 8.42 Å². The standard InChI is InChI=1S/C25H26ClN5O2S/c1-27-34(32,33)20-5-3-4-18(16-20)22-23-21(26)10-11-29-25(23)30(2)24(22)17-6-8-19(9-7-17)31-14-12-28-13-15-31/h3-11,16,27-28H,12-15H2,1-2H3. The summed E-state index contributed by atoms with van der Waals surface area (Å²) in [6.45, 7) is 3.91. The van der Waals surface area contributed by atoms with Crippen molar-refractivity contribution >= 4 is 38.3 Å². The van der Waals surface area contributed by atoms with Gasteiger partial charge in [0, 0.05) is 56.1 Å². The lowest BCUT2D eigenvalue weighted by Gasteiger charge is -2.29. The number of nitrogens with zero attached hydrogens (tertiary/aromatic N) is 3. The molecule has 176 valence electrons. The zero-order valence-electron chi connectivity index (χ0n) is 19.0. The summed E-state index contributed by atoms with van der Waals surface area (Å²) in [4.78, 5) is 7.15. The highest BCUT2D eigenvalue weighted by Crippen LogP contribution is 2.43. The van der Waals surface area contributed by atoms with Crippen LogP contribution < -0.4 is 14.9 Å². The third kappa shape index (κ3) is 3.96. The first-order chi connectivity index (χ1) is 16.4. The number of hydrogen-bond donors (Lipinski definition) is 2. The molecule has 0 aliphatic carbocycles. The summed E-state index contributed by atoms with van der Waals surface area (Å²) in [5.41, 5.74) is 5.49. The molecule has 1 aliphatic heterocycles. The maximum absolute atomic E-state index is 12.5. The number of anilines is 1. The fraction of sp³-hybridized carbons (Fsp3) is 0.240. The van der Waals surface area contributed by atoms with Crippen LogP contribution in [0.3, 0.4) is 0 Å². The van der Waals surface area contributed by atoms with Gasteiger partial charge in [0.15, 0.2) is 0 Å². The minimum Gasteiger partial charge on any atom is -0.369 e. The molecule has 1 aliphatic rings. The lowest BCUT2D eigenvalue weighted by Crippen LogP contribution is -2.43. The summed E-state index contributed by atoms with van der Waals surface area (Å²) in [5.74, 6) is 0. The second kappa shape index (κ2) is 9.03. The van der Waals surface area contributed by atoms with E-state index in [0.29, 0.717) is 5.02 Å². The third-order valence-corrected chi connectivity index (χ3v) is 8.07. The van der Waals surface area contributed by atoms with E-state index in [2.05, 4.69) is 44.2 Å². The van der Waals surface area contributed by atoms with Gasteiger partial charge in [-0.25, -0.2) is 18.1 Å². The minimum atomic E-state index is -3.60. The zero-order valence-corrected chi connectivity index (χ0v) is 20.6. The van der Waals surface area contributed by atoms with Crippen molar-refractivity contribution in [1.82, 2.24) is 19.6 Å². The molecule has 0 atom stereocenters. The third-order valence-electron chi connectivity index (χ3n) is 6.34. The van der Waals surface area contributed by atoms with E-state index in [4.69, 9.17) is 11.6 Å². The maximum atomic E-state index is 12.5. The number of benzene rings is 2. The van der Waals surface area contributed by atoms with Crippen LogP contribution in [-0.4, -0.2) is 51.2 Å². The number of sulfonamides is 1. The lowest BCUT2D eigenvalue weighted by atomic mass is 9.98. The molecule has 4 aromatic rings. The molecule has 0 bridgehead atoms. The van der Waals surface area contributed by atoms with E-state index in [1.165, 1.54) is 12.7 Å². The first-order valence-electron chi connectivity index (χ1n) is 11.1. The average Bonchev–Trinajstić information content (AvgIpc) is 3.18. The predicted octanol–water partition coefficient (Wildman–Crippen LogP) is 3.88. The molecule has 0 saturated carbocycles. The molecule has 7 nitrogen and oxygen atoms in total. The van der Waals surface area contributed by atoms with Crippen molar-refractivity contribution in [2.45, 2.75) is 4.90 Å². The van der Waals surface area contributed by atoms with E-state index in [0.717, 1.165) is 59.6 Å². The van der Waals surface area contributed by atoms with Crippen LogP contribution in [0.15, 0.2) is 65.7 Å². The summed E-state index contributed by atoms with van der Waals surface area (Å²) >= 11 is 6.67. The van der Waals surface area contributed by atoms with E-state index < -0.39 is 10.0 Å². The van der Waals surface area contributed by atoms with Gasteiger partial charge in [-0.1, -0.05) is 35.9 Å². The molecule has 2 aromatic carbocycles. The summed E-state index contributed by atoms with van der Waals surface area (Å²) in [6, 6.07) is 17.2. The molecule has 0 unspecified atom stereocenters. The van der Waals surface area contributed by atoms with Gasteiger partial charge in [-0.2, -0.15) is 0 Å². The Kier molecular flexibility index (Phi) is 6.07. The summed E-state index contributed by atoms with van der Waals surface area (Å²) in [7, 11) is -0.227. The van der Waals surface area contributed by atoms with Gasteiger partial charge in [-0.05, 0) is 48.5 Å². The smallest absolute Gasteiger partial charge is 0.240 e. The molecule has 2 N–H and O–H groups in total. The number of halogens is 1. The number of nitrogens with one attached hydrogen (secondary N) is 2. The monoisotopic (exact) mass is 495 g/mol. The molecule has 2 aromatic heterocycles. The van der Waals surface area contributed by atoms with Gasteiger partial charge < -0.3 is 14.8 Å². The van der Waals surface area contributed by atoms with Gasteiger partial charge in [0.1, 0.15) is 5.65 Å². The van der Waals surface area contributed by atoms with Crippen LogP contribution in [0.1, 0.15) is 0 Å². The molecule has 34 heavy (non-hydrogen) atoms. The van der Waals surface area contributed by atoms with E-state index in [1.54, 1.807) is 30.5 Å². The summed E-state index contributed by atoms with van der Waals surface area (Å²) < 4.78 is 29.4. The van der Waals surface area contributed by atoms with E-state index in [-0.39, 0.29) is 4.90 Å². The van der Waals surface area contributed by atoms with Crippen LogP contribution in [0.2, 0.25) is 5.02 Å². The second-order valence-electron chi connectivity index (χ2n) is 8.29. The van der Waals surface area contributed by atoms with Crippen molar-refractivity contribution in [3.05, 3.63) is 65.8 Å². The van der Waals surface area contributed by atoms with E-state index in [1.807, 2.05) is 17.7 Å². The fourth-order valence-corrected chi connectivity index (χ4v) is 5.63. The molecule has 0 radical (unpaired) electrons. The molecule has 3 heterocycles. The molecule has 1 saturated heterocycles. The van der Waals surface area contributed by atoms with Crippen LogP contribution >= 0.6 is 11.6 Å². The number of aryl methyl sites for hydroxylation is 1. The van der Waals surface area contributed by atoms with Gasteiger partial charge in [0.05, 0.1) is 15.6 Å². The highest BCUT2D eigenvalue weighted by Gasteiger charge is 2.23. The van der Waals surface area contributed by atoms with Crippen molar-refractivity contribution in [2.24, 2.45) is 7.05 Å². The van der Waals surface area contributed by atoms with Crippen molar-refractivity contribution in [1.29, 1.82) is 0 Å². The van der Waals surface area contributed by atoms with Gasteiger partial charge in [0.25, 0.3) is 0 Å². The van der Waals surface area contributed by atoms with Gasteiger partial charge in [-0.3, -0.25) is 0 Å². The first-order valence-corrected chi connectivity index (χ1v) is 13.0. The summed E-state index contributed by atoms with van der Waals surface area (Å²) in [5, 5.41) is 4.75. The second-order valence-corrected chi connectivity index (χ2v) is 10.6. The highest BCUT2D eigenvalue weighted by molar-refractivity contribution is 7.89. The van der Waals surface area contributed by atoms with Crippen molar-refractivity contribution in [3.63, 3.8) is 0 Å². The predicted molar refractivity (Wildman–Crippen MR) is 138 cm³/mol. The van der Waals surface area contributed by atoms with Gasteiger partial charge in [0.2, 0.25) is 10.0 Å². The van der Waals surface area contributed by atoms with Crippen LogP contribution in [0, 0.1) is 0 Å². The first kappa shape index (κ1) is 22.9. The Labute approximate surface area is 204 Å². The molecule has 1 fully saturated rings. The Balaban J connectivity index is 1.71. The number of aromatic nitrogens is 2. The molecular weight excluding hydrogens is 470 g/mol. The van der Waals surface area contributed by atoms with Gasteiger partial charge in [-0.15, -0.1) is 0 Å². The minimum absolute atomic E-state index is 0.199. The Morgan fingerprint density at radius 2 is 1.76 bits per heavy atom. The maximum Gasteiger partial charge on any atom is 0.240 e. The number of rotatable bonds is 5. The number of piperazine rings is 1. The molecule has 9 heteroatoms. The Morgan fingerprint density at radius 1 is 1.03 bits per heavy atom. The van der Waals surface area contributed by atoms with Crippen LogP contribution in [0.25, 0.3) is 33.4 Å². The normalized spacial score (nSPS) is 14.6. The zero-order chi connectivity index (χ0) is 23.9. The molecule has 0 spiro atoms. The quantitative estimate of drug-likeness (QED) is 0.439. The SMILES string of the molecule is CNS(=O)(=O)c1cccc(-c2c(-c3ccc(N4CCNCC4)cc3)n(C)c3nccc(Cl)c23)c1. The average molecular weight is 496 g/mol. The van der Waals surface area contributed by atoms with E-state index >= 15 is 0 Å². The van der Waals surface area contributed by atoms with Crippen molar-refractivity contribution in [3.8, 4) is 22.4 Å². The number of hydrogen-bond acceptors (Lipinski definition) is 5. The largest absolute Gasteiger partial charge is 0.369 e. The Bertz CT molecular complexity index is 1460. The Hall–Kier alpha value is -2.91. The molecule has 5 rings (SSSR count). The molecule has 0 amide bonds. The molecular formula is C25H26ClN5O2S.